The number of benzene rings is 1. The monoisotopic (exact) mass is 352 g/mol. The molecule has 2 N–H and O–H groups in total. The third kappa shape index (κ3) is 2.37. The minimum Gasteiger partial charge on any atom is -0.336 e. The van der Waals surface area contributed by atoms with Gasteiger partial charge in [0.25, 0.3) is 5.91 Å². The number of amides is 4. The Balaban J connectivity index is 1.52. The molecular formula is C19H20N4O3. The Kier molecular flexibility index (Phi) is 3.72. The van der Waals surface area contributed by atoms with E-state index in [9.17, 15) is 19.6 Å². The van der Waals surface area contributed by atoms with E-state index >= 15 is 0 Å². The maximum atomic E-state index is 13.0. The van der Waals surface area contributed by atoms with E-state index < -0.39 is 23.0 Å². The van der Waals surface area contributed by atoms with E-state index in [0.717, 1.165) is 28.9 Å². The number of urea groups is 1. The number of carbonyl (C=O) groups excluding carboxylic acids is 3. The molecule has 1 aromatic rings. The van der Waals surface area contributed by atoms with E-state index in [0.29, 0.717) is 25.7 Å². The second kappa shape index (κ2) is 5.84. The fourth-order valence-electron chi connectivity index (χ4n) is 4.43. The summed E-state index contributed by atoms with van der Waals surface area (Å²) in [7, 11) is 0. The number of hydrogen-bond donors (Lipinski definition) is 2. The van der Waals surface area contributed by atoms with Gasteiger partial charge in [0.2, 0.25) is 5.91 Å². The number of nitrogens with zero attached hydrogens (tertiary/aromatic N) is 2. The summed E-state index contributed by atoms with van der Waals surface area (Å²) in [6.07, 6.45) is 4.18. The standard InChI is InChI=1S/C19H20N4O3/c20-12-18(8-3-4-9-18)21-15(24)11-23-16(25)19(22-17(23)26)10-7-13-5-1-2-6-14(13)19/h1-2,5-6H,3-4,7-11H2,(H,21,24)(H,22,26). The van der Waals surface area contributed by atoms with Crippen LogP contribution in [0.15, 0.2) is 24.3 Å². The SMILES string of the molecule is N#CC1(NC(=O)CN2C(=O)NC3(CCc4ccccc43)C2=O)CCCC1. The molecule has 1 heterocycles. The molecule has 1 saturated carbocycles. The van der Waals surface area contributed by atoms with Crippen molar-refractivity contribution in [1.29, 1.82) is 5.26 Å². The van der Waals surface area contributed by atoms with Crippen molar-refractivity contribution >= 4 is 17.8 Å². The lowest BCUT2D eigenvalue weighted by Gasteiger charge is -2.24. The second-order valence-corrected chi connectivity index (χ2v) is 7.33. The summed E-state index contributed by atoms with van der Waals surface area (Å²) >= 11 is 0. The number of rotatable bonds is 3. The molecule has 4 amide bonds. The lowest BCUT2D eigenvalue weighted by Crippen LogP contribution is -2.50. The lowest BCUT2D eigenvalue weighted by molar-refractivity contribution is -0.135. The molecule has 1 unspecified atom stereocenters. The largest absolute Gasteiger partial charge is 0.336 e. The first kappa shape index (κ1) is 16.6. The second-order valence-electron chi connectivity index (χ2n) is 7.33. The highest BCUT2D eigenvalue weighted by Crippen LogP contribution is 2.41. The zero-order valence-corrected chi connectivity index (χ0v) is 14.4. The Morgan fingerprint density at radius 2 is 1.96 bits per heavy atom. The quantitative estimate of drug-likeness (QED) is 0.801. The molecule has 0 radical (unpaired) electrons. The van der Waals surface area contributed by atoms with Gasteiger partial charge in [-0.2, -0.15) is 5.26 Å². The van der Waals surface area contributed by atoms with Crippen LogP contribution in [0.1, 0.15) is 43.2 Å². The summed E-state index contributed by atoms with van der Waals surface area (Å²) in [6.45, 7) is -0.363. The van der Waals surface area contributed by atoms with Crippen LogP contribution in [-0.4, -0.2) is 34.8 Å². The molecule has 1 aliphatic heterocycles. The van der Waals surface area contributed by atoms with Crippen LogP contribution in [0.3, 0.4) is 0 Å². The van der Waals surface area contributed by atoms with Crippen molar-refractivity contribution in [3.63, 3.8) is 0 Å². The summed E-state index contributed by atoms with van der Waals surface area (Å²) in [6, 6.07) is 9.19. The summed E-state index contributed by atoms with van der Waals surface area (Å²) in [5.74, 6) is -0.861. The maximum Gasteiger partial charge on any atom is 0.325 e. The number of aryl methyl sites for hydroxylation is 1. The molecule has 7 nitrogen and oxygen atoms in total. The highest BCUT2D eigenvalue weighted by molar-refractivity contribution is 6.10. The lowest BCUT2D eigenvalue weighted by atomic mass is 9.92. The first-order valence-electron chi connectivity index (χ1n) is 8.94. The van der Waals surface area contributed by atoms with Crippen LogP contribution >= 0.6 is 0 Å². The highest BCUT2D eigenvalue weighted by atomic mass is 16.2. The number of nitriles is 1. The van der Waals surface area contributed by atoms with Gasteiger partial charge in [-0.1, -0.05) is 24.3 Å². The van der Waals surface area contributed by atoms with Crippen molar-refractivity contribution in [3.05, 3.63) is 35.4 Å². The molecule has 134 valence electrons. The van der Waals surface area contributed by atoms with Crippen molar-refractivity contribution in [2.24, 2.45) is 0 Å². The Morgan fingerprint density at radius 3 is 2.69 bits per heavy atom. The Morgan fingerprint density at radius 1 is 1.23 bits per heavy atom. The van der Waals surface area contributed by atoms with E-state index in [1.807, 2.05) is 24.3 Å². The van der Waals surface area contributed by atoms with Crippen LogP contribution in [0.4, 0.5) is 4.79 Å². The summed E-state index contributed by atoms with van der Waals surface area (Å²) in [5.41, 5.74) is -0.0743. The Bertz CT molecular complexity index is 837. The molecule has 2 aliphatic carbocycles. The molecule has 2 fully saturated rings. The first-order valence-corrected chi connectivity index (χ1v) is 8.94. The van der Waals surface area contributed by atoms with Gasteiger partial charge in [0.1, 0.15) is 17.6 Å². The Hall–Kier alpha value is -2.88. The average Bonchev–Trinajstić information content (AvgIpc) is 3.31. The van der Waals surface area contributed by atoms with E-state index in [4.69, 9.17) is 0 Å². The maximum absolute atomic E-state index is 13.0. The number of nitrogens with one attached hydrogen (secondary N) is 2. The van der Waals surface area contributed by atoms with Crippen molar-refractivity contribution in [1.82, 2.24) is 15.5 Å². The highest BCUT2D eigenvalue weighted by Gasteiger charge is 2.55. The van der Waals surface area contributed by atoms with Crippen LogP contribution in [-0.2, 0) is 21.5 Å². The van der Waals surface area contributed by atoms with Crippen LogP contribution in [0.25, 0.3) is 0 Å². The predicted octanol–water partition coefficient (Wildman–Crippen LogP) is 1.33. The number of fused-ring (bicyclic) bond motifs is 2. The normalized spacial score (nSPS) is 25.9. The van der Waals surface area contributed by atoms with Crippen molar-refractivity contribution in [2.45, 2.75) is 49.6 Å². The molecule has 0 bridgehead atoms. The predicted molar refractivity (Wildman–Crippen MR) is 91.6 cm³/mol. The van der Waals surface area contributed by atoms with Crippen LogP contribution in [0.2, 0.25) is 0 Å². The van der Waals surface area contributed by atoms with Gasteiger partial charge >= 0.3 is 6.03 Å². The van der Waals surface area contributed by atoms with Crippen molar-refractivity contribution in [2.75, 3.05) is 6.54 Å². The van der Waals surface area contributed by atoms with Gasteiger partial charge in [0.15, 0.2) is 0 Å². The molecule has 26 heavy (non-hydrogen) atoms. The molecule has 1 atom stereocenters. The molecule has 0 aromatic heterocycles. The van der Waals surface area contributed by atoms with E-state index in [1.165, 1.54) is 0 Å². The summed E-state index contributed by atoms with van der Waals surface area (Å²) in [5, 5.41) is 14.9. The third-order valence-corrected chi connectivity index (χ3v) is 5.77. The van der Waals surface area contributed by atoms with Crippen LogP contribution in [0.5, 0.6) is 0 Å². The molecule has 1 spiro atoms. The van der Waals surface area contributed by atoms with Gasteiger partial charge in [-0.3, -0.25) is 14.5 Å². The Labute approximate surface area is 151 Å². The average molecular weight is 352 g/mol. The van der Waals surface area contributed by atoms with Gasteiger partial charge in [-0.15, -0.1) is 0 Å². The van der Waals surface area contributed by atoms with E-state index in [-0.39, 0.29) is 12.5 Å². The molecule has 4 rings (SSSR count). The van der Waals surface area contributed by atoms with Gasteiger partial charge in [-0.25, -0.2) is 4.79 Å². The zero-order chi connectivity index (χ0) is 18.4. The van der Waals surface area contributed by atoms with Gasteiger partial charge in [-0.05, 0) is 49.7 Å². The van der Waals surface area contributed by atoms with Gasteiger partial charge in [0.05, 0.1) is 6.07 Å². The van der Waals surface area contributed by atoms with Gasteiger partial charge < -0.3 is 10.6 Å². The number of carbonyl (C=O) groups is 3. The van der Waals surface area contributed by atoms with E-state index in [1.54, 1.807) is 0 Å². The van der Waals surface area contributed by atoms with Gasteiger partial charge in [0, 0.05) is 0 Å². The molecular weight excluding hydrogens is 332 g/mol. The van der Waals surface area contributed by atoms with E-state index in [2.05, 4.69) is 16.7 Å². The molecule has 1 saturated heterocycles. The minimum atomic E-state index is -1.06. The van der Waals surface area contributed by atoms with Crippen LogP contribution in [0, 0.1) is 11.3 Å². The number of imide groups is 1. The molecule has 1 aromatic carbocycles. The van der Waals surface area contributed by atoms with Crippen molar-refractivity contribution in [3.8, 4) is 6.07 Å². The fourth-order valence-corrected chi connectivity index (χ4v) is 4.43. The fraction of sp³-hybridized carbons (Fsp3) is 0.474. The number of hydrogen-bond acceptors (Lipinski definition) is 4. The molecule has 3 aliphatic rings. The summed E-state index contributed by atoms with van der Waals surface area (Å²) in [4.78, 5) is 38.8. The smallest absolute Gasteiger partial charge is 0.325 e. The topological polar surface area (TPSA) is 102 Å². The minimum absolute atomic E-state index is 0.363. The van der Waals surface area contributed by atoms with Crippen LogP contribution < -0.4 is 10.6 Å². The molecule has 7 heteroatoms. The summed E-state index contributed by atoms with van der Waals surface area (Å²) < 4.78 is 0. The zero-order valence-electron chi connectivity index (χ0n) is 14.4. The third-order valence-electron chi connectivity index (χ3n) is 5.77. The van der Waals surface area contributed by atoms with Crippen molar-refractivity contribution < 1.29 is 14.4 Å². The first-order chi connectivity index (χ1) is 12.5.